The van der Waals surface area contributed by atoms with Crippen LogP contribution in [0.15, 0.2) is 16.6 Å². The van der Waals surface area contributed by atoms with Crippen molar-refractivity contribution in [2.24, 2.45) is 0 Å². The SMILES string of the molecule is COc1c(Br)cc(F)cc1B(O)O. The summed E-state index contributed by atoms with van der Waals surface area (Å²) >= 11 is 3.04. The van der Waals surface area contributed by atoms with Crippen molar-refractivity contribution in [3.05, 3.63) is 22.4 Å². The van der Waals surface area contributed by atoms with E-state index in [-0.39, 0.29) is 11.2 Å². The van der Waals surface area contributed by atoms with Crippen molar-refractivity contribution < 1.29 is 19.2 Å². The van der Waals surface area contributed by atoms with E-state index in [2.05, 4.69) is 15.9 Å². The van der Waals surface area contributed by atoms with Gasteiger partial charge < -0.3 is 14.8 Å². The van der Waals surface area contributed by atoms with Crippen LogP contribution in [-0.2, 0) is 0 Å². The zero-order valence-electron chi connectivity index (χ0n) is 6.79. The molecule has 0 bridgehead atoms. The van der Waals surface area contributed by atoms with E-state index in [9.17, 15) is 4.39 Å². The summed E-state index contributed by atoms with van der Waals surface area (Å²) in [5.74, 6) is -0.341. The van der Waals surface area contributed by atoms with Crippen LogP contribution < -0.4 is 10.2 Å². The Morgan fingerprint density at radius 2 is 2.08 bits per heavy atom. The summed E-state index contributed by atoms with van der Waals surface area (Å²) in [5.41, 5.74) is -0.00521. The van der Waals surface area contributed by atoms with Crippen LogP contribution in [0.5, 0.6) is 5.75 Å². The molecule has 13 heavy (non-hydrogen) atoms. The topological polar surface area (TPSA) is 49.7 Å². The van der Waals surface area contributed by atoms with Crippen LogP contribution in [0.4, 0.5) is 4.39 Å². The maximum atomic E-state index is 12.8. The van der Waals surface area contributed by atoms with Crippen LogP contribution in [0, 0.1) is 5.82 Å². The predicted octanol–water partition coefficient (Wildman–Crippen LogP) is 0.277. The summed E-state index contributed by atoms with van der Waals surface area (Å²) in [5, 5.41) is 17.7. The van der Waals surface area contributed by atoms with Crippen LogP contribution in [0.1, 0.15) is 0 Å². The Hall–Kier alpha value is -0.585. The maximum Gasteiger partial charge on any atom is 0.492 e. The van der Waals surface area contributed by atoms with E-state index >= 15 is 0 Å². The summed E-state index contributed by atoms with van der Waals surface area (Å²) in [4.78, 5) is 0. The van der Waals surface area contributed by atoms with Crippen molar-refractivity contribution in [1.29, 1.82) is 0 Å². The summed E-state index contributed by atoms with van der Waals surface area (Å²) in [6, 6.07) is 2.19. The van der Waals surface area contributed by atoms with Gasteiger partial charge in [0.05, 0.1) is 11.6 Å². The Balaban J connectivity index is 3.29. The molecule has 2 N–H and O–H groups in total. The van der Waals surface area contributed by atoms with E-state index < -0.39 is 12.9 Å². The molecule has 0 saturated heterocycles. The molecule has 1 rings (SSSR count). The van der Waals surface area contributed by atoms with Gasteiger partial charge in [0, 0.05) is 5.46 Å². The fourth-order valence-electron chi connectivity index (χ4n) is 0.987. The number of benzene rings is 1. The number of methoxy groups -OCH3 is 1. The molecule has 0 atom stereocenters. The second-order valence-corrected chi connectivity index (χ2v) is 3.24. The van der Waals surface area contributed by atoms with Gasteiger partial charge in [-0.2, -0.15) is 0 Å². The molecule has 0 amide bonds. The largest absolute Gasteiger partial charge is 0.496 e. The normalized spacial score (nSPS) is 9.92. The standard InChI is InChI=1S/C7H7BBrFO3/c1-13-7-5(8(11)12)2-4(10)3-6(7)9/h2-3,11-12H,1H3. The molecule has 0 aromatic heterocycles. The third-order valence-corrected chi connectivity index (χ3v) is 2.11. The number of ether oxygens (including phenoxy) is 1. The lowest BCUT2D eigenvalue weighted by molar-refractivity contribution is 0.400. The molecule has 0 aliphatic carbocycles. The molecule has 70 valence electrons. The number of halogens is 2. The maximum absolute atomic E-state index is 12.8. The van der Waals surface area contributed by atoms with Crippen molar-refractivity contribution in [3.63, 3.8) is 0 Å². The van der Waals surface area contributed by atoms with Gasteiger partial charge in [-0.05, 0) is 28.1 Å². The van der Waals surface area contributed by atoms with Gasteiger partial charge >= 0.3 is 7.12 Å². The van der Waals surface area contributed by atoms with E-state index in [4.69, 9.17) is 14.8 Å². The molecular weight excluding hydrogens is 242 g/mol. The summed E-state index contributed by atoms with van der Waals surface area (Å²) in [7, 11) is -0.383. The third kappa shape index (κ3) is 2.21. The molecule has 0 heterocycles. The first kappa shape index (κ1) is 10.5. The van der Waals surface area contributed by atoms with Crippen molar-refractivity contribution in [3.8, 4) is 5.75 Å². The van der Waals surface area contributed by atoms with E-state index in [1.54, 1.807) is 0 Å². The Bertz CT molecular complexity index is 319. The van der Waals surface area contributed by atoms with Crippen molar-refractivity contribution in [2.45, 2.75) is 0 Å². The van der Waals surface area contributed by atoms with Crippen LogP contribution in [0.3, 0.4) is 0 Å². The molecule has 0 fully saturated rings. The summed E-state index contributed by atoms with van der Waals surface area (Å²) in [6.45, 7) is 0. The Morgan fingerprint density at radius 3 is 2.54 bits per heavy atom. The Morgan fingerprint density at radius 1 is 1.46 bits per heavy atom. The average molecular weight is 249 g/mol. The minimum absolute atomic E-state index is 0.00521. The van der Waals surface area contributed by atoms with Gasteiger partial charge in [-0.15, -0.1) is 0 Å². The molecule has 0 spiro atoms. The molecule has 0 saturated carbocycles. The monoisotopic (exact) mass is 248 g/mol. The molecule has 1 aromatic carbocycles. The summed E-state index contributed by atoms with van der Waals surface area (Å²) in [6.07, 6.45) is 0. The molecule has 6 heteroatoms. The minimum Gasteiger partial charge on any atom is -0.496 e. The second-order valence-electron chi connectivity index (χ2n) is 2.38. The molecular formula is C7H7BBrFO3. The van der Waals surface area contributed by atoms with Crippen molar-refractivity contribution in [2.75, 3.05) is 7.11 Å². The molecule has 0 aliphatic rings. The predicted molar refractivity (Wildman–Crippen MR) is 50.5 cm³/mol. The number of rotatable bonds is 2. The first-order valence-electron chi connectivity index (χ1n) is 3.45. The zero-order valence-corrected chi connectivity index (χ0v) is 8.38. The lowest BCUT2D eigenvalue weighted by atomic mass is 9.79. The lowest BCUT2D eigenvalue weighted by Crippen LogP contribution is -2.31. The van der Waals surface area contributed by atoms with E-state index in [0.717, 1.165) is 6.07 Å². The minimum atomic E-state index is -1.75. The molecule has 1 aromatic rings. The fourth-order valence-corrected chi connectivity index (χ4v) is 1.60. The highest BCUT2D eigenvalue weighted by Gasteiger charge is 2.20. The van der Waals surface area contributed by atoms with Gasteiger partial charge in [0.25, 0.3) is 0 Å². The van der Waals surface area contributed by atoms with E-state index in [1.807, 2.05) is 0 Å². The second kappa shape index (κ2) is 4.08. The highest BCUT2D eigenvalue weighted by molar-refractivity contribution is 9.10. The van der Waals surface area contributed by atoms with Crippen LogP contribution in [0.2, 0.25) is 0 Å². The van der Waals surface area contributed by atoms with Gasteiger partial charge in [-0.1, -0.05) is 0 Å². The smallest absolute Gasteiger partial charge is 0.492 e. The van der Waals surface area contributed by atoms with Gasteiger partial charge in [0.15, 0.2) is 0 Å². The van der Waals surface area contributed by atoms with Crippen LogP contribution in [0.25, 0.3) is 0 Å². The average Bonchev–Trinajstić information content (AvgIpc) is 2.02. The first-order valence-corrected chi connectivity index (χ1v) is 4.24. The molecule has 0 radical (unpaired) electrons. The molecule has 3 nitrogen and oxygen atoms in total. The summed E-state index contributed by atoms with van der Waals surface area (Å²) < 4.78 is 18.0. The number of hydrogen-bond donors (Lipinski definition) is 2. The zero-order chi connectivity index (χ0) is 10.0. The molecule has 0 unspecified atom stereocenters. The number of hydrogen-bond acceptors (Lipinski definition) is 3. The highest BCUT2D eigenvalue weighted by Crippen LogP contribution is 2.23. The highest BCUT2D eigenvalue weighted by atomic mass is 79.9. The Kier molecular flexibility index (Phi) is 3.30. The van der Waals surface area contributed by atoms with Crippen molar-refractivity contribution >= 4 is 28.5 Å². The van der Waals surface area contributed by atoms with Gasteiger partial charge in [0.2, 0.25) is 0 Å². The Labute approximate surface area is 83.4 Å². The quantitative estimate of drug-likeness (QED) is 0.740. The van der Waals surface area contributed by atoms with Gasteiger partial charge in [-0.3, -0.25) is 0 Å². The fraction of sp³-hybridized carbons (Fsp3) is 0.143. The van der Waals surface area contributed by atoms with Gasteiger partial charge in [-0.25, -0.2) is 4.39 Å². The lowest BCUT2D eigenvalue weighted by Gasteiger charge is -2.09. The molecule has 0 aliphatic heterocycles. The third-order valence-electron chi connectivity index (χ3n) is 1.52. The van der Waals surface area contributed by atoms with Crippen LogP contribution in [-0.4, -0.2) is 24.3 Å². The van der Waals surface area contributed by atoms with Crippen LogP contribution >= 0.6 is 15.9 Å². The van der Waals surface area contributed by atoms with Gasteiger partial charge in [0.1, 0.15) is 11.6 Å². The van der Waals surface area contributed by atoms with Crippen molar-refractivity contribution in [1.82, 2.24) is 0 Å². The first-order chi connectivity index (χ1) is 6.06. The van der Waals surface area contributed by atoms with E-state index in [0.29, 0.717) is 4.47 Å². The van der Waals surface area contributed by atoms with E-state index in [1.165, 1.54) is 13.2 Å².